The zero-order valence-electron chi connectivity index (χ0n) is 8.65. The van der Waals surface area contributed by atoms with Gasteiger partial charge in [-0.15, -0.1) is 0 Å². The van der Waals surface area contributed by atoms with E-state index in [2.05, 4.69) is 4.98 Å². The molecule has 2 aromatic rings. The van der Waals surface area contributed by atoms with Crippen molar-refractivity contribution in [3.63, 3.8) is 0 Å². The number of carbonyl (C=O) groups is 1. The van der Waals surface area contributed by atoms with E-state index in [1.165, 1.54) is 0 Å². The molecule has 0 unspecified atom stereocenters. The third-order valence-corrected chi connectivity index (χ3v) is 2.51. The second-order valence-electron chi connectivity index (χ2n) is 3.34. The Morgan fingerprint density at radius 1 is 1.40 bits per heavy atom. The van der Waals surface area contributed by atoms with Crippen LogP contribution in [0.15, 0.2) is 24.4 Å². The Kier molecular flexibility index (Phi) is 2.37. The van der Waals surface area contributed by atoms with E-state index in [9.17, 15) is 4.79 Å². The van der Waals surface area contributed by atoms with Gasteiger partial charge in [0, 0.05) is 23.2 Å². The van der Waals surface area contributed by atoms with Gasteiger partial charge in [-0.3, -0.25) is 9.78 Å². The van der Waals surface area contributed by atoms with Crippen LogP contribution in [0.3, 0.4) is 0 Å². The number of aromatic nitrogens is 1. The lowest BCUT2D eigenvalue weighted by Crippen LogP contribution is -1.92. The molecule has 0 amide bonds. The Labute approximate surface area is 87.7 Å². The summed E-state index contributed by atoms with van der Waals surface area (Å²) in [5, 5.41) is 0.986. The van der Waals surface area contributed by atoms with Gasteiger partial charge in [-0.05, 0) is 24.6 Å². The van der Waals surface area contributed by atoms with Gasteiger partial charge < -0.3 is 4.74 Å². The van der Waals surface area contributed by atoms with E-state index in [-0.39, 0.29) is 0 Å². The Morgan fingerprint density at radius 2 is 2.20 bits per heavy atom. The molecule has 1 heterocycles. The van der Waals surface area contributed by atoms with Crippen LogP contribution in [0.5, 0.6) is 5.75 Å². The zero-order valence-corrected chi connectivity index (χ0v) is 8.65. The van der Waals surface area contributed by atoms with Gasteiger partial charge in [0.05, 0.1) is 12.6 Å². The standard InChI is InChI=1S/C12H11NO2/c1-8-9(7-14)6-13-12-5-10(15-2)3-4-11(8)12/h3-7H,1-2H3. The van der Waals surface area contributed by atoms with Crippen molar-refractivity contribution < 1.29 is 9.53 Å². The molecule has 0 aliphatic rings. The summed E-state index contributed by atoms with van der Waals surface area (Å²) in [5.41, 5.74) is 2.43. The second kappa shape index (κ2) is 3.69. The van der Waals surface area contributed by atoms with Crippen molar-refractivity contribution in [2.24, 2.45) is 0 Å². The lowest BCUT2D eigenvalue weighted by atomic mass is 10.1. The Balaban J connectivity index is 2.73. The Hall–Kier alpha value is -1.90. The van der Waals surface area contributed by atoms with Crippen LogP contribution in [-0.2, 0) is 0 Å². The van der Waals surface area contributed by atoms with Gasteiger partial charge in [-0.25, -0.2) is 0 Å². The van der Waals surface area contributed by atoms with E-state index in [0.717, 1.165) is 28.5 Å². The number of benzene rings is 1. The summed E-state index contributed by atoms with van der Waals surface area (Å²) >= 11 is 0. The van der Waals surface area contributed by atoms with Crippen molar-refractivity contribution in [3.05, 3.63) is 35.5 Å². The summed E-state index contributed by atoms with van der Waals surface area (Å²) in [6.07, 6.45) is 2.41. The molecule has 76 valence electrons. The normalized spacial score (nSPS) is 10.3. The molecule has 0 aliphatic heterocycles. The third kappa shape index (κ3) is 1.56. The second-order valence-corrected chi connectivity index (χ2v) is 3.34. The molecule has 3 nitrogen and oxygen atoms in total. The topological polar surface area (TPSA) is 39.2 Å². The van der Waals surface area contributed by atoms with Gasteiger partial charge in [0.25, 0.3) is 0 Å². The number of rotatable bonds is 2. The molecule has 0 saturated carbocycles. The highest BCUT2D eigenvalue weighted by atomic mass is 16.5. The first kappa shape index (κ1) is 9.65. The minimum atomic E-state index is 0.632. The van der Waals surface area contributed by atoms with E-state index in [4.69, 9.17) is 4.74 Å². The summed E-state index contributed by atoms with van der Waals surface area (Å²) in [6.45, 7) is 1.92. The van der Waals surface area contributed by atoms with Gasteiger partial charge in [-0.1, -0.05) is 0 Å². The first-order valence-corrected chi connectivity index (χ1v) is 4.65. The molecule has 0 radical (unpaired) electrons. The van der Waals surface area contributed by atoms with Gasteiger partial charge >= 0.3 is 0 Å². The van der Waals surface area contributed by atoms with E-state index >= 15 is 0 Å². The predicted molar refractivity (Wildman–Crippen MR) is 58.4 cm³/mol. The number of fused-ring (bicyclic) bond motifs is 1. The van der Waals surface area contributed by atoms with Gasteiger partial charge in [0.2, 0.25) is 0 Å². The summed E-state index contributed by atoms with van der Waals surface area (Å²) in [5.74, 6) is 0.772. The molecular weight excluding hydrogens is 190 g/mol. The fourth-order valence-corrected chi connectivity index (χ4v) is 1.57. The van der Waals surface area contributed by atoms with Crippen molar-refractivity contribution in [3.8, 4) is 5.75 Å². The van der Waals surface area contributed by atoms with Crippen molar-refractivity contribution in [2.75, 3.05) is 7.11 Å². The van der Waals surface area contributed by atoms with Crippen molar-refractivity contribution in [2.45, 2.75) is 6.92 Å². The van der Waals surface area contributed by atoms with Crippen molar-refractivity contribution >= 4 is 17.2 Å². The highest BCUT2D eigenvalue weighted by Gasteiger charge is 2.04. The lowest BCUT2D eigenvalue weighted by molar-refractivity contribution is 0.112. The number of methoxy groups -OCH3 is 1. The van der Waals surface area contributed by atoms with Crippen LogP contribution < -0.4 is 4.74 Å². The smallest absolute Gasteiger partial charge is 0.151 e. The molecule has 15 heavy (non-hydrogen) atoms. The third-order valence-electron chi connectivity index (χ3n) is 2.51. The van der Waals surface area contributed by atoms with Crippen LogP contribution in [0.25, 0.3) is 10.9 Å². The maximum Gasteiger partial charge on any atom is 0.151 e. The molecule has 0 spiro atoms. The first-order chi connectivity index (χ1) is 7.26. The Morgan fingerprint density at radius 3 is 2.87 bits per heavy atom. The van der Waals surface area contributed by atoms with Crippen molar-refractivity contribution in [1.29, 1.82) is 0 Å². The Bertz CT molecular complexity index is 520. The van der Waals surface area contributed by atoms with Gasteiger partial charge in [0.15, 0.2) is 6.29 Å². The largest absolute Gasteiger partial charge is 0.497 e. The number of aldehydes is 1. The number of aryl methyl sites for hydroxylation is 1. The quantitative estimate of drug-likeness (QED) is 0.700. The van der Waals surface area contributed by atoms with Crippen LogP contribution in [-0.4, -0.2) is 18.4 Å². The first-order valence-electron chi connectivity index (χ1n) is 4.65. The fourth-order valence-electron chi connectivity index (χ4n) is 1.57. The predicted octanol–water partition coefficient (Wildman–Crippen LogP) is 2.36. The maximum atomic E-state index is 10.7. The van der Waals surface area contributed by atoms with Gasteiger partial charge in [0.1, 0.15) is 5.75 Å². The number of ether oxygens (including phenoxy) is 1. The molecule has 1 aromatic heterocycles. The van der Waals surface area contributed by atoms with E-state index in [0.29, 0.717) is 5.56 Å². The molecule has 2 rings (SSSR count). The molecule has 0 fully saturated rings. The molecule has 3 heteroatoms. The minimum absolute atomic E-state index is 0.632. The molecule has 1 aromatic carbocycles. The molecule has 0 saturated heterocycles. The maximum absolute atomic E-state index is 10.7. The number of pyridine rings is 1. The van der Waals surface area contributed by atoms with Crippen LogP contribution in [0.2, 0.25) is 0 Å². The van der Waals surface area contributed by atoms with E-state index < -0.39 is 0 Å². The monoisotopic (exact) mass is 201 g/mol. The highest BCUT2D eigenvalue weighted by Crippen LogP contribution is 2.22. The fraction of sp³-hybridized carbons (Fsp3) is 0.167. The van der Waals surface area contributed by atoms with Crippen molar-refractivity contribution in [1.82, 2.24) is 4.98 Å². The number of hydrogen-bond donors (Lipinski definition) is 0. The molecular formula is C12H11NO2. The van der Waals surface area contributed by atoms with Gasteiger partial charge in [-0.2, -0.15) is 0 Å². The van der Waals surface area contributed by atoms with Crippen LogP contribution in [0.4, 0.5) is 0 Å². The average Bonchev–Trinajstić information content (AvgIpc) is 2.29. The summed E-state index contributed by atoms with van der Waals surface area (Å²) in [7, 11) is 1.62. The number of nitrogens with zero attached hydrogens (tertiary/aromatic N) is 1. The average molecular weight is 201 g/mol. The summed E-state index contributed by atoms with van der Waals surface area (Å²) in [4.78, 5) is 14.9. The SMILES string of the molecule is COc1ccc2c(C)c(C=O)cnc2c1. The van der Waals surface area contributed by atoms with Crippen LogP contribution in [0, 0.1) is 6.92 Å². The zero-order chi connectivity index (χ0) is 10.8. The molecule has 0 aliphatic carbocycles. The van der Waals surface area contributed by atoms with E-state index in [1.54, 1.807) is 13.3 Å². The number of hydrogen-bond acceptors (Lipinski definition) is 3. The lowest BCUT2D eigenvalue weighted by Gasteiger charge is -2.05. The highest BCUT2D eigenvalue weighted by molar-refractivity contribution is 5.90. The summed E-state index contributed by atoms with van der Waals surface area (Å²) in [6, 6.07) is 5.64. The summed E-state index contributed by atoms with van der Waals surface area (Å²) < 4.78 is 5.11. The molecule has 0 atom stereocenters. The molecule has 0 N–H and O–H groups in total. The van der Waals surface area contributed by atoms with Crippen LogP contribution in [0.1, 0.15) is 15.9 Å². The minimum Gasteiger partial charge on any atom is -0.497 e. The van der Waals surface area contributed by atoms with E-state index in [1.807, 2.05) is 25.1 Å². The molecule has 0 bridgehead atoms. The van der Waals surface area contributed by atoms with Crippen LogP contribution >= 0.6 is 0 Å². The number of carbonyl (C=O) groups excluding carboxylic acids is 1.